The second-order valence-corrected chi connectivity index (χ2v) is 10.7. The first-order valence-electron chi connectivity index (χ1n) is 13.4. The van der Waals surface area contributed by atoms with Gasteiger partial charge in [0.25, 0.3) is 0 Å². The van der Waals surface area contributed by atoms with Gasteiger partial charge in [-0.2, -0.15) is 0 Å². The van der Waals surface area contributed by atoms with E-state index in [1.807, 2.05) is 69.3 Å². The van der Waals surface area contributed by atoms with Crippen molar-refractivity contribution < 1.29 is 28.5 Å². The molecule has 0 saturated heterocycles. The third-order valence-electron chi connectivity index (χ3n) is 6.60. The average Bonchev–Trinajstić information content (AvgIpc) is 3.38. The lowest BCUT2D eigenvalue weighted by atomic mass is 9.99. The quantitative estimate of drug-likeness (QED) is 0.284. The largest absolute Gasteiger partial charge is 0.497 e. The van der Waals surface area contributed by atoms with Gasteiger partial charge in [-0.15, -0.1) is 5.10 Å². The van der Waals surface area contributed by atoms with Crippen LogP contribution in [0.15, 0.2) is 60.7 Å². The molecule has 0 aliphatic rings. The number of ether oxygens (including phenoxy) is 4. The molecule has 0 spiro atoms. The smallest absolute Gasteiger partial charge is 0.247 e. The van der Waals surface area contributed by atoms with Gasteiger partial charge in [0.1, 0.15) is 23.9 Å². The third kappa shape index (κ3) is 6.73. The molecule has 3 aromatic carbocycles. The highest BCUT2D eigenvalue weighted by Crippen LogP contribution is 2.41. The summed E-state index contributed by atoms with van der Waals surface area (Å²) >= 11 is 0. The Morgan fingerprint density at radius 3 is 2.12 bits per heavy atom. The molecule has 4 aromatic rings. The summed E-state index contributed by atoms with van der Waals surface area (Å²) in [5.74, 6) is 1.06. The molecule has 11 nitrogen and oxygen atoms in total. The van der Waals surface area contributed by atoms with Crippen LogP contribution in [0.25, 0.3) is 11.0 Å². The molecule has 11 heteroatoms. The number of para-hydroxylation sites is 1. The molecule has 1 aromatic heterocycles. The van der Waals surface area contributed by atoms with Crippen molar-refractivity contribution in [2.75, 3.05) is 28.4 Å². The minimum Gasteiger partial charge on any atom is -0.497 e. The van der Waals surface area contributed by atoms with E-state index in [2.05, 4.69) is 15.6 Å². The number of hydrogen-bond donors (Lipinski definition) is 1. The van der Waals surface area contributed by atoms with Gasteiger partial charge in [0.05, 0.1) is 34.0 Å². The molecule has 0 unspecified atom stereocenters. The molecule has 0 fully saturated rings. The summed E-state index contributed by atoms with van der Waals surface area (Å²) in [6.07, 6.45) is 0. The normalized spacial score (nSPS) is 12.0. The van der Waals surface area contributed by atoms with Crippen molar-refractivity contribution in [2.45, 2.75) is 45.4 Å². The molecule has 0 aliphatic carbocycles. The van der Waals surface area contributed by atoms with E-state index in [1.165, 1.54) is 30.9 Å². The van der Waals surface area contributed by atoms with Crippen molar-refractivity contribution in [3.63, 3.8) is 0 Å². The topological polar surface area (TPSA) is 117 Å². The van der Waals surface area contributed by atoms with Crippen LogP contribution in [0.5, 0.6) is 23.0 Å². The average molecular weight is 576 g/mol. The summed E-state index contributed by atoms with van der Waals surface area (Å²) in [4.78, 5) is 29.9. The first kappa shape index (κ1) is 30.2. The Balaban J connectivity index is 1.86. The number of nitrogens with zero attached hydrogens (tertiary/aromatic N) is 4. The Kier molecular flexibility index (Phi) is 9.19. The zero-order valence-electron chi connectivity index (χ0n) is 25.0. The maximum absolute atomic E-state index is 14.2. The number of hydrogen-bond acceptors (Lipinski definition) is 8. The van der Waals surface area contributed by atoms with E-state index in [-0.39, 0.29) is 24.9 Å². The second kappa shape index (κ2) is 12.8. The number of carbonyl (C=O) groups is 2. The molecule has 1 atom stereocenters. The summed E-state index contributed by atoms with van der Waals surface area (Å²) < 4.78 is 23.5. The van der Waals surface area contributed by atoms with E-state index >= 15 is 0 Å². The zero-order chi connectivity index (χ0) is 30.4. The lowest BCUT2D eigenvalue weighted by Crippen LogP contribution is -2.49. The van der Waals surface area contributed by atoms with Crippen molar-refractivity contribution in [2.24, 2.45) is 0 Å². The van der Waals surface area contributed by atoms with E-state index in [1.54, 1.807) is 19.2 Å². The van der Waals surface area contributed by atoms with Crippen LogP contribution in [0.4, 0.5) is 0 Å². The fourth-order valence-corrected chi connectivity index (χ4v) is 4.67. The zero-order valence-corrected chi connectivity index (χ0v) is 25.0. The van der Waals surface area contributed by atoms with E-state index in [0.29, 0.717) is 39.6 Å². The molecular weight excluding hydrogens is 538 g/mol. The molecule has 222 valence electrons. The number of amides is 2. The first-order chi connectivity index (χ1) is 20.1. The number of nitrogens with one attached hydrogen (secondary N) is 1. The SMILES string of the molecule is COc1ccc(CN(C(=O)Cn2nnc3ccccc32)[C@H](C(=O)NC(C)(C)C)c2cc(OC)c(OC)c(OC)c2)cc1. The Hall–Kier alpha value is -4.80. The second-order valence-electron chi connectivity index (χ2n) is 10.7. The van der Waals surface area contributed by atoms with Crippen LogP contribution in [0, 0.1) is 0 Å². The fourth-order valence-electron chi connectivity index (χ4n) is 4.67. The highest BCUT2D eigenvalue weighted by molar-refractivity contribution is 5.90. The summed E-state index contributed by atoms with van der Waals surface area (Å²) in [6.45, 7) is 5.63. The van der Waals surface area contributed by atoms with Crippen LogP contribution in [0.1, 0.15) is 37.9 Å². The summed E-state index contributed by atoms with van der Waals surface area (Å²) in [7, 11) is 6.10. The van der Waals surface area contributed by atoms with Gasteiger partial charge in [0, 0.05) is 12.1 Å². The summed E-state index contributed by atoms with van der Waals surface area (Å²) in [5.41, 5.74) is 2.08. The number of fused-ring (bicyclic) bond motifs is 1. The third-order valence-corrected chi connectivity index (χ3v) is 6.60. The molecule has 42 heavy (non-hydrogen) atoms. The van der Waals surface area contributed by atoms with E-state index in [9.17, 15) is 9.59 Å². The number of carbonyl (C=O) groups excluding carboxylic acids is 2. The molecule has 4 rings (SSSR count). The van der Waals surface area contributed by atoms with Crippen molar-refractivity contribution in [3.05, 3.63) is 71.8 Å². The highest BCUT2D eigenvalue weighted by atomic mass is 16.5. The minimum absolute atomic E-state index is 0.119. The molecule has 0 radical (unpaired) electrons. The van der Waals surface area contributed by atoms with Crippen LogP contribution in [0.3, 0.4) is 0 Å². The molecular formula is C31H37N5O6. The molecule has 1 heterocycles. The van der Waals surface area contributed by atoms with Crippen molar-refractivity contribution in [1.29, 1.82) is 0 Å². The maximum Gasteiger partial charge on any atom is 0.247 e. The van der Waals surface area contributed by atoms with Gasteiger partial charge in [0.2, 0.25) is 17.6 Å². The van der Waals surface area contributed by atoms with Gasteiger partial charge in [-0.3, -0.25) is 9.59 Å². The van der Waals surface area contributed by atoms with Crippen molar-refractivity contribution in [1.82, 2.24) is 25.2 Å². The van der Waals surface area contributed by atoms with E-state index in [0.717, 1.165) is 5.56 Å². The Labute approximate surface area is 245 Å². The monoisotopic (exact) mass is 575 g/mol. The predicted molar refractivity (Wildman–Crippen MR) is 158 cm³/mol. The van der Waals surface area contributed by atoms with Crippen LogP contribution in [-0.2, 0) is 22.7 Å². The summed E-state index contributed by atoms with van der Waals surface area (Å²) in [6, 6.07) is 17.0. The Morgan fingerprint density at radius 1 is 0.905 bits per heavy atom. The van der Waals surface area contributed by atoms with Crippen LogP contribution in [0.2, 0.25) is 0 Å². The first-order valence-corrected chi connectivity index (χ1v) is 13.4. The number of benzene rings is 3. The Bertz CT molecular complexity index is 1520. The number of aromatic nitrogens is 3. The maximum atomic E-state index is 14.2. The summed E-state index contributed by atoms with van der Waals surface area (Å²) in [5, 5.41) is 11.4. The van der Waals surface area contributed by atoms with Crippen molar-refractivity contribution >= 4 is 22.8 Å². The lowest BCUT2D eigenvalue weighted by Gasteiger charge is -2.34. The highest BCUT2D eigenvalue weighted by Gasteiger charge is 2.35. The molecule has 2 amide bonds. The Morgan fingerprint density at radius 2 is 1.55 bits per heavy atom. The molecule has 0 aliphatic heterocycles. The number of rotatable bonds is 11. The molecule has 1 N–H and O–H groups in total. The molecule has 0 bridgehead atoms. The van der Waals surface area contributed by atoms with Crippen LogP contribution >= 0.6 is 0 Å². The van der Waals surface area contributed by atoms with Gasteiger partial charge in [-0.1, -0.05) is 29.5 Å². The van der Waals surface area contributed by atoms with Gasteiger partial charge in [0.15, 0.2) is 11.5 Å². The van der Waals surface area contributed by atoms with Crippen LogP contribution < -0.4 is 24.3 Å². The van der Waals surface area contributed by atoms with Gasteiger partial charge in [-0.25, -0.2) is 4.68 Å². The predicted octanol–water partition coefficient (Wildman–Crippen LogP) is 4.15. The number of methoxy groups -OCH3 is 4. The van der Waals surface area contributed by atoms with E-state index in [4.69, 9.17) is 18.9 Å². The van der Waals surface area contributed by atoms with Gasteiger partial charge < -0.3 is 29.2 Å². The molecule has 0 saturated carbocycles. The van der Waals surface area contributed by atoms with Gasteiger partial charge in [-0.05, 0) is 68.3 Å². The van der Waals surface area contributed by atoms with E-state index < -0.39 is 11.6 Å². The van der Waals surface area contributed by atoms with Crippen molar-refractivity contribution in [3.8, 4) is 23.0 Å². The minimum atomic E-state index is -1.07. The fraction of sp³-hybridized carbons (Fsp3) is 0.355. The standard InChI is InChI=1S/C31H37N5O6/c1-31(2,3)32-30(38)28(21-16-25(40-5)29(42-7)26(17-21)41-6)35(18-20-12-14-22(39-4)15-13-20)27(37)19-36-24-11-9-8-10-23(24)33-34-36/h8-17,28H,18-19H2,1-7H3,(H,32,38)/t28-/m0/s1. The van der Waals surface area contributed by atoms with Crippen LogP contribution in [-0.4, -0.2) is 65.7 Å². The lowest BCUT2D eigenvalue weighted by molar-refractivity contribution is -0.142. The van der Waals surface area contributed by atoms with Gasteiger partial charge >= 0.3 is 0 Å².